The second-order valence-corrected chi connectivity index (χ2v) is 6.89. The van der Waals surface area contributed by atoms with Crippen molar-refractivity contribution in [1.29, 1.82) is 5.26 Å². The molecule has 3 rings (SSSR count). The monoisotopic (exact) mass is 370 g/mol. The van der Waals surface area contributed by atoms with Crippen molar-refractivity contribution in [3.63, 3.8) is 0 Å². The highest BCUT2D eigenvalue weighted by molar-refractivity contribution is 8.13. The molecule has 0 saturated heterocycles. The molecular weight excluding hydrogens is 356 g/mol. The average molecular weight is 371 g/mol. The number of hydrogen-bond donors (Lipinski definition) is 1. The van der Waals surface area contributed by atoms with Crippen LogP contribution in [-0.4, -0.2) is 41.0 Å². The van der Waals surface area contributed by atoms with Crippen LogP contribution in [0.15, 0.2) is 38.1 Å². The highest BCUT2D eigenvalue weighted by Crippen LogP contribution is 2.32. The standard InChI is InChI=1S/C17H15ClN6S/c1-2-3-4-7-24-16-14(15(20)21-10-22-16)23-17(24)25-12-6-5-11(9-19)13(18)8-12/h1,5-6,8,10,14,16H,3-4,7H2,(H2,20,21,22). The molecule has 2 N–H and O–H groups in total. The van der Waals surface area contributed by atoms with Crippen molar-refractivity contribution in [3.8, 4) is 18.4 Å². The van der Waals surface area contributed by atoms with E-state index in [0.717, 1.165) is 23.0 Å². The van der Waals surface area contributed by atoms with Crippen LogP contribution < -0.4 is 5.73 Å². The lowest BCUT2D eigenvalue weighted by Gasteiger charge is -2.27. The summed E-state index contributed by atoms with van der Waals surface area (Å²) in [7, 11) is 0. The molecule has 2 unspecified atom stereocenters. The van der Waals surface area contributed by atoms with Crippen molar-refractivity contribution in [2.24, 2.45) is 20.7 Å². The second-order valence-electron chi connectivity index (χ2n) is 5.45. The quantitative estimate of drug-likeness (QED) is 0.651. The van der Waals surface area contributed by atoms with Gasteiger partial charge in [-0.3, -0.25) is 0 Å². The van der Waals surface area contributed by atoms with Gasteiger partial charge in [0.25, 0.3) is 0 Å². The Labute approximate surface area is 155 Å². The van der Waals surface area contributed by atoms with Gasteiger partial charge in [-0.25, -0.2) is 15.0 Å². The first-order valence-electron chi connectivity index (χ1n) is 7.64. The molecule has 0 spiro atoms. The topological polar surface area (TPSA) is 90.1 Å². The number of nitrogens with zero attached hydrogens (tertiary/aromatic N) is 5. The highest BCUT2D eigenvalue weighted by Gasteiger charge is 2.39. The summed E-state index contributed by atoms with van der Waals surface area (Å²) in [6.45, 7) is 0.728. The number of nitriles is 1. The number of hydrogen-bond acceptors (Lipinski definition) is 7. The molecule has 8 heteroatoms. The van der Waals surface area contributed by atoms with Crippen LogP contribution in [0, 0.1) is 23.7 Å². The van der Waals surface area contributed by atoms with Crippen molar-refractivity contribution in [1.82, 2.24) is 4.90 Å². The maximum absolute atomic E-state index is 8.99. The first kappa shape index (κ1) is 17.3. The number of amidine groups is 2. The van der Waals surface area contributed by atoms with E-state index in [1.54, 1.807) is 12.1 Å². The van der Waals surface area contributed by atoms with Crippen molar-refractivity contribution < 1.29 is 0 Å². The summed E-state index contributed by atoms with van der Waals surface area (Å²) in [5, 5.41) is 10.2. The Morgan fingerprint density at radius 2 is 2.28 bits per heavy atom. The van der Waals surface area contributed by atoms with Crippen LogP contribution in [-0.2, 0) is 0 Å². The summed E-state index contributed by atoms with van der Waals surface area (Å²) < 4.78 is 0. The van der Waals surface area contributed by atoms with E-state index in [1.807, 2.05) is 6.07 Å². The fraction of sp³-hybridized carbons (Fsp3) is 0.294. The molecule has 2 aliphatic rings. The molecule has 6 nitrogen and oxygen atoms in total. The third-order valence-corrected chi connectivity index (χ3v) is 5.14. The average Bonchev–Trinajstić information content (AvgIpc) is 2.94. The minimum absolute atomic E-state index is 0.188. The van der Waals surface area contributed by atoms with Gasteiger partial charge < -0.3 is 10.6 Å². The van der Waals surface area contributed by atoms with E-state index in [-0.39, 0.29) is 12.2 Å². The van der Waals surface area contributed by atoms with Crippen molar-refractivity contribution >= 4 is 40.7 Å². The molecule has 0 bridgehead atoms. The predicted molar refractivity (Wildman–Crippen MR) is 102 cm³/mol. The Kier molecular flexibility index (Phi) is 5.28. The summed E-state index contributed by atoms with van der Waals surface area (Å²) in [6, 6.07) is 7.07. The molecule has 0 aromatic heterocycles. The van der Waals surface area contributed by atoms with E-state index >= 15 is 0 Å². The van der Waals surface area contributed by atoms with E-state index in [1.165, 1.54) is 18.1 Å². The maximum atomic E-state index is 8.99. The number of thioether (sulfide) groups is 1. The van der Waals surface area contributed by atoms with Crippen LogP contribution >= 0.6 is 23.4 Å². The number of rotatable bonds is 4. The van der Waals surface area contributed by atoms with Gasteiger partial charge in [0.05, 0.1) is 10.6 Å². The molecular formula is C17H15ClN6S. The summed E-state index contributed by atoms with van der Waals surface area (Å²) >= 11 is 7.59. The molecule has 1 aromatic rings. The number of halogens is 1. The largest absolute Gasteiger partial charge is 0.385 e. The summed E-state index contributed by atoms with van der Waals surface area (Å²) in [6.07, 6.45) is 8.16. The van der Waals surface area contributed by atoms with Crippen LogP contribution in [0.3, 0.4) is 0 Å². The zero-order valence-electron chi connectivity index (χ0n) is 13.3. The molecule has 2 atom stereocenters. The first-order valence-corrected chi connectivity index (χ1v) is 8.83. The van der Waals surface area contributed by atoms with Crippen LogP contribution in [0.2, 0.25) is 5.02 Å². The lowest BCUT2D eigenvalue weighted by molar-refractivity contribution is 0.336. The molecule has 0 aliphatic carbocycles. The van der Waals surface area contributed by atoms with Gasteiger partial charge in [-0.1, -0.05) is 23.4 Å². The van der Waals surface area contributed by atoms with Gasteiger partial charge in [-0.2, -0.15) is 5.26 Å². The number of nitrogens with two attached hydrogens (primary N) is 1. The molecule has 0 radical (unpaired) electrons. The van der Waals surface area contributed by atoms with Crippen molar-refractivity contribution in [2.45, 2.75) is 29.9 Å². The first-order chi connectivity index (χ1) is 12.1. The molecule has 25 heavy (non-hydrogen) atoms. The molecule has 2 aliphatic heterocycles. The number of aliphatic imine (C=N–C) groups is 3. The van der Waals surface area contributed by atoms with Crippen LogP contribution in [0.5, 0.6) is 0 Å². The van der Waals surface area contributed by atoms with Crippen LogP contribution in [0.1, 0.15) is 18.4 Å². The molecule has 126 valence electrons. The smallest absolute Gasteiger partial charge is 0.166 e. The number of fused-ring (bicyclic) bond motifs is 1. The third kappa shape index (κ3) is 3.63. The van der Waals surface area contributed by atoms with Gasteiger partial charge in [0.2, 0.25) is 0 Å². The van der Waals surface area contributed by atoms with E-state index < -0.39 is 0 Å². The van der Waals surface area contributed by atoms with Gasteiger partial charge in [0.1, 0.15) is 18.2 Å². The third-order valence-electron chi connectivity index (χ3n) is 3.82. The van der Waals surface area contributed by atoms with E-state index in [4.69, 9.17) is 34.0 Å². The van der Waals surface area contributed by atoms with Gasteiger partial charge in [0.15, 0.2) is 17.4 Å². The zero-order chi connectivity index (χ0) is 17.8. The zero-order valence-corrected chi connectivity index (χ0v) is 14.8. The van der Waals surface area contributed by atoms with E-state index in [9.17, 15) is 0 Å². The predicted octanol–water partition coefficient (Wildman–Crippen LogP) is 2.48. The number of terminal acetylenes is 1. The number of unbranched alkanes of at least 4 members (excludes halogenated alkanes) is 1. The highest BCUT2D eigenvalue weighted by atomic mass is 35.5. The molecule has 0 saturated carbocycles. The maximum Gasteiger partial charge on any atom is 0.166 e. The Hall–Kier alpha value is -2.48. The second kappa shape index (κ2) is 7.60. The van der Waals surface area contributed by atoms with Gasteiger partial charge in [-0.05, 0) is 24.6 Å². The lowest BCUT2D eigenvalue weighted by atomic mass is 10.2. The van der Waals surface area contributed by atoms with Crippen molar-refractivity contribution in [2.75, 3.05) is 6.54 Å². The van der Waals surface area contributed by atoms with E-state index in [2.05, 4.69) is 26.9 Å². The SMILES string of the molecule is C#CCCCN1C(Sc2ccc(C#N)c(Cl)c2)=NC2C(N)=NC=NC21. The van der Waals surface area contributed by atoms with Gasteiger partial charge >= 0.3 is 0 Å². The molecule has 0 amide bonds. The molecule has 1 aromatic carbocycles. The van der Waals surface area contributed by atoms with Gasteiger partial charge in [0, 0.05) is 17.9 Å². The van der Waals surface area contributed by atoms with Gasteiger partial charge in [-0.15, -0.1) is 12.3 Å². The van der Waals surface area contributed by atoms with E-state index in [0.29, 0.717) is 22.8 Å². The summed E-state index contributed by atoms with van der Waals surface area (Å²) in [5.41, 5.74) is 6.43. The fourth-order valence-electron chi connectivity index (χ4n) is 2.59. The minimum Gasteiger partial charge on any atom is -0.385 e. The molecule has 2 heterocycles. The summed E-state index contributed by atoms with van der Waals surface area (Å²) in [4.78, 5) is 16.2. The Morgan fingerprint density at radius 3 is 3.00 bits per heavy atom. The Bertz CT molecular complexity index is 848. The van der Waals surface area contributed by atoms with Crippen molar-refractivity contribution in [3.05, 3.63) is 28.8 Å². The normalized spacial score (nSPS) is 21.2. The Morgan fingerprint density at radius 1 is 1.44 bits per heavy atom. The summed E-state index contributed by atoms with van der Waals surface area (Å²) in [5.74, 6) is 3.10. The van der Waals surface area contributed by atoms with Crippen LogP contribution in [0.4, 0.5) is 0 Å². The fourth-order valence-corrected chi connectivity index (χ4v) is 3.88. The lowest BCUT2D eigenvalue weighted by Crippen LogP contribution is -2.45. The minimum atomic E-state index is -0.285. The number of benzene rings is 1. The molecule has 0 fully saturated rings. The van der Waals surface area contributed by atoms with Crippen LogP contribution in [0.25, 0.3) is 0 Å². The Balaban J connectivity index is 1.84.